The first-order valence-corrected chi connectivity index (χ1v) is 6.46. The van der Waals surface area contributed by atoms with Crippen LogP contribution in [-0.2, 0) is 4.79 Å². The number of nitrogens with zero attached hydrogens (tertiary/aromatic N) is 1. The fraction of sp³-hybridized carbons (Fsp3) is 0.571. The van der Waals surface area contributed by atoms with E-state index >= 15 is 0 Å². The van der Waals surface area contributed by atoms with Crippen LogP contribution in [0.15, 0.2) is 10.5 Å². The lowest BCUT2D eigenvalue weighted by atomic mass is 10.1. The van der Waals surface area contributed by atoms with Gasteiger partial charge in [-0.25, -0.2) is 0 Å². The second-order valence-corrected chi connectivity index (χ2v) is 4.73. The van der Waals surface area contributed by atoms with Gasteiger partial charge in [0.15, 0.2) is 0 Å². The van der Waals surface area contributed by atoms with Crippen molar-refractivity contribution in [3.8, 4) is 0 Å². The Labute approximate surface area is 113 Å². The second-order valence-electron chi connectivity index (χ2n) is 4.73. The molecule has 0 radical (unpaired) electrons. The van der Waals surface area contributed by atoms with E-state index < -0.39 is 5.97 Å². The van der Waals surface area contributed by atoms with Crippen LogP contribution in [0, 0.1) is 13.8 Å². The Kier molecular flexibility index (Phi) is 5.15. The summed E-state index contributed by atoms with van der Waals surface area (Å²) in [4.78, 5) is 24.8. The van der Waals surface area contributed by atoms with Crippen LogP contribution in [0.4, 0.5) is 0 Å². The maximum atomic E-state index is 12.5. The summed E-state index contributed by atoms with van der Waals surface area (Å²) >= 11 is 0. The Balaban J connectivity index is 2.93. The third-order valence-electron chi connectivity index (χ3n) is 3.22. The van der Waals surface area contributed by atoms with Gasteiger partial charge in [0.2, 0.25) is 0 Å². The summed E-state index contributed by atoms with van der Waals surface area (Å²) in [6.45, 7) is 7.63. The minimum atomic E-state index is -0.902. The van der Waals surface area contributed by atoms with Crippen molar-refractivity contribution in [3.05, 3.63) is 23.2 Å². The Hall–Kier alpha value is -1.78. The molecule has 1 aromatic rings. The van der Waals surface area contributed by atoms with Crippen molar-refractivity contribution in [2.24, 2.45) is 0 Å². The number of hydrogen-bond donors (Lipinski definition) is 1. The molecule has 5 nitrogen and oxygen atoms in total. The van der Waals surface area contributed by atoms with Gasteiger partial charge in [-0.05, 0) is 33.3 Å². The maximum Gasteiger partial charge on any atom is 0.305 e. The van der Waals surface area contributed by atoms with E-state index in [9.17, 15) is 9.59 Å². The number of rotatable bonds is 6. The molecule has 19 heavy (non-hydrogen) atoms. The zero-order valence-electron chi connectivity index (χ0n) is 11.9. The smallest absolute Gasteiger partial charge is 0.305 e. The molecule has 1 N–H and O–H groups in total. The topological polar surface area (TPSA) is 70.8 Å². The molecule has 1 aromatic heterocycles. The molecule has 1 amide bonds. The molecular formula is C14H21NO4. The van der Waals surface area contributed by atoms with Gasteiger partial charge in [0.25, 0.3) is 5.91 Å². The monoisotopic (exact) mass is 267 g/mol. The van der Waals surface area contributed by atoms with Gasteiger partial charge in [0.1, 0.15) is 11.5 Å². The molecule has 0 aliphatic heterocycles. The molecule has 5 heteroatoms. The molecule has 0 spiro atoms. The molecule has 0 saturated heterocycles. The molecule has 1 heterocycles. The molecule has 1 atom stereocenters. The van der Waals surface area contributed by atoms with Crippen LogP contribution in [0.5, 0.6) is 0 Å². The fourth-order valence-electron chi connectivity index (χ4n) is 1.96. The van der Waals surface area contributed by atoms with Gasteiger partial charge in [-0.15, -0.1) is 0 Å². The summed E-state index contributed by atoms with van der Waals surface area (Å²) in [5.74, 6) is 0.195. The zero-order valence-corrected chi connectivity index (χ0v) is 11.9. The van der Waals surface area contributed by atoms with Crippen molar-refractivity contribution < 1.29 is 19.1 Å². The highest BCUT2D eigenvalue weighted by Gasteiger charge is 2.24. The zero-order chi connectivity index (χ0) is 14.6. The minimum Gasteiger partial charge on any atom is -0.481 e. The third-order valence-corrected chi connectivity index (χ3v) is 3.22. The molecule has 0 saturated carbocycles. The van der Waals surface area contributed by atoms with Crippen molar-refractivity contribution >= 4 is 11.9 Å². The Morgan fingerprint density at radius 2 is 2.05 bits per heavy atom. The molecule has 1 rings (SSSR count). The first-order valence-electron chi connectivity index (χ1n) is 6.46. The standard InChI is InChI=1S/C14H21NO4/c1-5-9(2)15(7-6-13(16)17)14(18)12-8-10(3)19-11(12)4/h8-9H,5-7H2,1-4H3,(H,16,17). The highest BCUT2D eigenvalue weighted by atomic mass is 16.4. The van der Waals surface area contributed by atoms with Crippen LogP contribution >= 0.6 is 0 Å². The van der Waals surface area contributed by atoms with E-state index in [1.165, 1.54) is 0 Å². The summed E-state index contributed by atoms with van der Waals surface area (Å²) in [5.41, 5.74) is 0.517. The summed E-state index contributed by atoms with van der Waals surface area (Å²) < 4.78 is 5.36. The Bertz CT molecular complexity index is 464. The fourth-order valence-corrected chi connectivity index (χ4v) is 1.96. The van der Waals surface area contributed by atoms with Crippen molar-refractivity contribution in [1.82, 2.24) is 4.90 Å². The summed E-state index contributed by atoms with van der Waals surface area (Å²) in [5, 5.41) is 8.77. The van der Waals surface area contributed by atoms with Crippen LogP contribution < -0.4 is 0 Å². The van der Waals surface area contributed by atoms with E-state index in [0.29, 0.717) is 17.1 Å². The molecule has 0 aliphatic rings. The van der Waals surface area contributed by atoms with Gasteiger partial charge >= 0.3 is 5.97 Å². The van der Waals surface area contributed by atoms with Gasteiger partial charge in [-0.3, -0.25) is 9.59 Å². The third kappa shape index (κ3) is 3.84. The van der Waals surface area contributed by atoms with Gasteiger partial charge in [-0.1, -0.05) is 6.92 Å². The Morgan fingerprint density at radius 1 is 1.42 bits per heavy atom. The van der Waals surface area contributed by atoms with E-state index in [4.69, 9.17) is 9.52 Å². The van der Waals surface area contributed by atoms with E-state index in [2.05, 4.69) is 0 Å². The largest absolute Gasteiger partial charge is 0.481 e. The van der Waals surface area contributed by atoms with Gasteiger partial charge in [0.05, 0.1) is 12.0 Å². The SMILES string of the molecule is CCC(C)N(CCC(=O)O)C(=O)c1cc(C)oc1C. The van der Waals surface area contributed by atoms with Crippen molar-refractivity contribution in [2.45, 2.75) is 46.6 Å². The van der Waals surface area contributed by atoms with Crippen LogP contribution in [0.3, 0.4) is 0 Å². The van der Waals surface area contributed by atoms with Crippen molar-refractivity contribution in [3.63, 3.8) is 0 Å². The lowest BCUT2D eigenvalue weighted by Crippen LogP contribution is -2.39. The normalized spacial score (nSPS) is 12.2. The average Bonchev–Trinajstić information content (AvgIpc) is 2.67. The van der Waals surface area contributed by atoms with E-state index in [1.807, 2.05) is 13.8 Å². The predicted octanol–water partition coefficient (Wildman–Crippen LogP) is 2.61. The highest BCUT2D eigenvalue weighted by molar-refractivity contribution is 5.95. The maximum absolute atomic E-state index is 12.5. The molecule has 106 valence electrons. The van der Waals surface area contributed by atoms with Crippen LogP contribution in [0.2, 0.25) is 0 Å². The quantitative estimate of drug-likeness (QED) is 0.860. The van der Waals surface area contributed by atoms with Crippen LogP contribution in [-0.4, -0.2) is 34.5 Å². The van der Waals surface area contributed by atoms with E-state index in [-0.39, 0.29) is 24.9 Å². The van der Waals surface area contributed by atoms with Crippen molar-refractivity contribution in [2.75, 3.05) is 6.54 Å². The molecule has 1 unspecified atom stereocenters. The minimum absolute atomic E-state index is 0.00135. The number of amides is 1. The van der Waals surface area contributed by atoms with Crippen LogP contribution in [0.25, 0.3) is 0 Å². The molecule has 0 bridgehead atoms. The number of carboxylic acid groups (broad SMARTS) is 1. The molecular weight excluding hydrogens is 246 g/mol. The average molecular weight is 267 g/mol. The lowest BCUT2D eigenvalue weighted by Gasteiger charge is -2.28. The van der Waals surface area contributed by atoms with E-state index in [1.54, 1.807) is 24.8 Å². The number of furan rings is 1. The first kappa shape index (κ1) is 15.3. The summed E-state index contributed by atoms with van der Waals surface area (Å²) in [7, 11) is 0. The lowest BCUT2D eigenvalue weighted by molar-refractivity contribution is -0.137. The van der Waals surface area contributed by atoms with Crippen LogP contribution in [0.1, 0.15) is 48.6 Å². The Morgan fingerprint density at radius 3 is 2.47 bits per heavy atom. The summed E-state index contributed by atoms with van der Waals surface area (Å²) in [6, 6.07) is 1.70. The number of aliphatic carboxylic acids is 1. The van der Waals surface area contributed by atoms with Gasteiger partial charge < -0.3 is 14.4 Å². The molecule has 0 aliphatic carbocycles. The van der Waals surface area contributed by atoms with Crippen molar-refractivity contribution in [1.29, 1.82) is 0 Å². The first-order chi connectivity index (χ1) is 8.86. The van der Waals surface area contributed by atoms with E-state index in [0.717, 1.165) is 6.42 Å². The number of carbonyl (C=O) groups excluding carboxylic acids is 1. The number of aryl methyl sites for hydroxylation is 2. The predicted molar refractivity (Wildman–Crippen MR) is 71.2 cm³/mol. The van der Waals surface area contributed by atoms with Gasteiger partial charge in [0, 0.05) is 12.6 Å². The highest BCUT2D eigenvalue weighted by Crippen LogP contribution is 2.18. The molecule has 0 fully saturated rings. The number of hydrogen-bond acceptors (Lipinski definition) is 3. The molecule has 0 aromatic carbocycles. The number of carboxylic acids is 1. The second kappa shape index (κ2) is 6.41. The number of carbonyl (C=O) groups is 2. The summed E-state index contributed by atoms with van der Waals surface area (Å²) in [6.07, 6.45) is 0.729. The van der Waals surface area contributed by atoms with Gasteiger partial charge in [-0.2, -0.15) is 0 Å².